The number of nitrogens with two attached hydrogens (primary N) is 1. The van der Waals surface area contributed by atoms with E-state index in [0.717, 1.165) is 11.4 Å². The lowest BCUT2D eigenvalue weighted by Crippen LogP contribution is -2.30. The Bertz CT molecular complexity index is 559. The maximum absolute atomic E-state index is 11.4. The molecule has 0 fully saturated rings. The molecule has 6 nitrogen and oxygen atoms in total. The van der Waals surface area contributed by atoms with E-state index in [1.165, 1.54) is 0 Å². The van der Waals surface area contributed by atoms with Crippen molar-refractivity contribution in [2.45, 2.75) is 13.8 Å². The van der Waals surface area contributed by atoms with Gasteiger partial charge >= 0.3 is 17.2 Å². The largest absolute Gasteiger partial charge is 0.442 e. The molecular weight excluding hydrogens is 182 g/mol. The lowest BCUT2D eigenvalue weighted by molar-refractivity contribution is -0.468. The van der Waals surface area contributed by atoms with E-state index in [1.54, 1.807) is 0 Å². The molecule has 0 aliphatic carbocycles. The molecular formula is C8H11N5O+2. The summed E-state index contributed by atoms with van der Waals surface area (Å²) in [4.78, 5) is 23.8. The van der Waals surface area contributed by atoms with Crippen molar-refractivity contribution < 1.29 is 9.97 Å². The molecule has 6 heteroatoms. The second kappa shape index (κ2) is 2.76. The fourth-order valence-corrected chi connectivity index (χ4v) is 1.25. The van der Waals surface area contributed by atoms with Crippen LogP contribution >= 0.6 is 0 Å². The number of H-pyrrole nitrogens is 3. The lowest BCUT2D eigenvalue weighted by atomic mass is 10.3. The molecule has 2 heterocycles. The molecule has 2 rings (SSSR count). The quantitative estimate of drug-likeness (QED) is 0.546. The lowest BCUT2D eigenvalue weighted by Gasteiger charge is -1.95. The van der Waals surface area contributed by atoms with Gasteiger partial charge in [0.05, 0.1) is 5.69 Å². The monoisotopic (exact) mass is 193 g/mol. The minimum absolute atomic E-state index is 0.212. The summed E-state index contributed by atoms with van der Waals surface area (Å²) in [5, 5.41) is 0. The Morgan fingerprint density at radius 3 is 2.79 bits per heavy atom. The first-order valence-corrected chi connectivity index (χ1v) is 4.19. The summed E-state index contributed by atoms with van der Waals surface area (Å²) in [6.07, 6.45) is 0. The third kappa shape index (κ3) is 1.20. The summed E-state index contributed by atoms with van der Waals surface area (Å²) < 4.78 is 0. The third-order valence-corrected chi connectivity index (χ3v) is 2.09. The van der Waals surface area contributed by atoms with E-state index in [0.29, 0.717) is 11.2 Å². The predicted octanol–water partition coefficient (Wildman–Crippen LogP) is -1.25. The second-order valence-electron chi connectivity index (χ2n) is 3.16. The van der Waals surface area contributed by atoms with Crippen LogP contribution in [-0.4, -0.2) is 9.97 Å². The van der Waals surface area contributed by atoms with Crippen molar-refractivity contribution in [2.75, 3.05) is 5.73 Å². The van der Waals surface area contributed by atoms with E-state index in [9.17, 15) is 4.79 Å². The van der Waals surface area contributed by atoms with Crippen LogP contribution in [0.3, 0.4) is 0 Å². The van der Waals surface area contributed by atoms with Crippen LogP contribution in [0, 0.1) is 13.8 Å². The Labute approximate surface area is 79.2 Å². The summed E-state index contributed by atoms with van der Waals surface area (Å²) in [6.45, 7) is 3.72. The first-order valence-electron chi connectivity index (χ1n) is 4.19. The van der Waals surface area contributed by atoms with E-state index in [2.05, 4.69) is 19.9 Å². The van der Waals surface area contributed by atoms with E-state index in [1.807, 2.05) is 13.8 Å². The summed E-state index contributed by atoms with van der Waals surface area (Å²) in [5.74, 6) is 0.212. The molecule has 2 aromatic heterocycles. The highest BCUT2D eigenvalue weighted by Gasteiger charge is 2.14. The number of fused-ring (bicyclic) bond motifs is 1. The number of aromatic amines is 3. The van der Waals surface area contributed by atoms with Crippen molar-refractivity contribution in [3.63, 3.8) is 0 Å². The van der Waals surface area contributed by atoms with Gasteiger partial charge in [-0.2, -0.15) is 9.97 Å². The van der Waals surface area contributed by atoms with Crippen LogP contribution in [0.1, 0.15) is 11.4 Å². The second-order valence-corrected chi connectivity index (χ2v) is 3.16. The smallest absolute Gasteiger partial charge is 0.251 e. The highest BCUT2D eigenvalue weighted by Crippen LogP contribution is 1.98. The van der Waals surface area contributed by atoms with Crippen molar-refractivity contribution in [2.24, 2.45) is 0 Å². The van der Waals surface area contributed by atoms with Crippen LogP contribution in [0.2, 0.25) is 0 Å². The summed E-state index contributed by atoms with van der Waals surface area (Å²) >= 11 is 0. The van der Waals surface area contributed by atoms with Gasteiger partial charge in [0.2, 0.25) is 5.52 Å². The third-order valence-electron chi connectivity index (χ3n) is 2.09. The molecule has 14 heavy (non-hydrogen) atoms. The fraction of sp³-hybridized carbons (Fsp3) is 0.250. The average molecular weight is 193 g/mol. The minimum Gasteiger partial charge on any atom is -0.251 e. The summed E-state index contributed by atoms with van der Waals surface area (Å²) in [5.41, 5.74) is 7.72. The highest BCUT2D eigenvalue weighted by atomic mass is 16.1. The molecule has 0 saturated carbocycles. The van der Waals surface area contributed by atoms with Crippen molar-refractivity contribution >= 4 is 17.1 Å². The zero-order chi connectivity index (χ0) is 10.3. The Morgan fingerprint density at radius 1 is 1.36 bits per heavy atom. The van der Waals surface area contributed by atoms with E-state index in [4.69, 9.17) is 5.73 Å². The maximum Gasteiger partial charge on any atom is 0.442 e. The Balaban J connectivity index is 2.96. The van der Waals surface area contributed by atoms with Gasteiger partial charge in [-0.25, -0.2) is 14.8 Å². The molecule has 0 bridgehead atoms. The zero-order valence-electron chi connectivity index (χ0n) is 7.93. The van der Waals surface area contributed by atoms with Crippen LogP contribution in [0.5, 0.6) is 0 Å². The normalized spacial score (nSPS) is 10.7. The molecule has 0 unspecified atom stereocenters. The number of nitrogens with one attached hydrogen (secondary N) is 3. The van der Waals surface area contributed by atoms with Crippen molar-refractivity contribution in [1.82, 2.24) is 9.97 Å². The Hall–Kier alpha value is -1.98. The topological polar surface area (TPSA) is 100 Å². The van der Waals surface area contributed by atoms with E-state index in [-0.39, 0.29) is 11.5 Å². The number of anilines is 1. The number of hydrogen-bond donors (Lipinski definition) is 2. The summed E-state index contributed by atoms with van der Waals surface area (Å²) in [6, 6.07) is 0. The molecule has 0 saturated heterocycles. The van der Waals surface area contributed by atoms with Gasteiger partial charge in [0, 0.05) is 0 Å². The predicted molar refractivity (Wildman–Crippen MR) is 49.4 cm³/mol. The molecule has 0 aliphatic heterocycles. The van der Waals surface area contributed by atoms with Gasteiger partial charge in [0.15, 0.2) is 0 Å². The first kappa shape index (κ1) is 8.61. The molecule has 0 radical (unpaired) electrons. The number of aromatic nitrogens is 4. The van der Waals surface area contributed by atoms with Crippen LogP contribution in [0.4, 0.5) is 5.95 Å². The van der Waals surface area contributed by atoms with Gasteiger partial charge in [-0.1, -0.05) is 0 Å². The SMILES string of the molecule is Cc1nc2c(=O)[nH]c(N)[nH+]c2[nH+]c1C. The molecule has 2 aromatic rings. The van der Waals surface area contributed by atoms with Gasteiger partial charge < -0.3 is 0 Å². The van der Waals surface area contributed by atoms with Crippen LogP contribution < -0.4 is 21.3 Å². The molecule has 72 valence electrons. The molecule has 0 spiro atoms. The van der Waals surface area contributed by atoms with Gasteiger partial charge in [-0.15, -0.1) is 0 Å². The highest BCUT2D eigenvalue weighted by molar-refractivity contribution is 5.61. The molecule has 0 aliphatic rings. The molecule has 0 amide bonds. The number of nitrogens with zero attached hydrogens (tertiary/aromatic N) is 1. The zero-order valence-corrected chi connectivity index (χ0v) is 7.93. The first-order chi connectivity index (χ1) is 6.58. The van der Waals surface area contributed by atoms with Gasteiger partial charge in [0.25, 0.3) is 0 Å². The van der Waals surface area contributed by atoms with E-state index < -0.39 is 0 Å². The number of hydrogen-bond acceptors (Lipinski definition) is 3. The Kier molecular flexibility index (Phi) is 1.70. The molecule has 5 N–H and O–H groups in total. The average Bonchev–Trinajstić information content (AvgIpc) is 2.08. The van der Waals surface area contributed by atoms with Crippen LogP contribution in [0.15, 0.2) is 4.79 Å². The number of rotatable bonds is 0. The minimum atomic E-state index is -0.296. The Morgan fingerprint density at radius 2 is 2.07 bits per heavy atom. The van der Waals surface area contributed by atoms with Gasteiger partial charge in [0.1, 0.15) is 5.69 Å². The maximum atomic E-state index is 11.4. The van der Waals surface area contributed by atoms with Gasteiger partial charge in [-0.3, -0.25) is 5.73 Å². The van der Waals surface area contributed by atoms with Crippen LogP contribution in [0.25, 0.3) is 11.2 Å². The standard InChI is InChI=1S/C8H9N5O/c1-3-4(2)11-6-5(10-3)7(14)13-8(9)12-6/h1-2H3,(H3,9,11,12,13,14)/p+2. The fourth-order valence-electron chi connectivity index (χ4n) is 1.25. The van der Waals surface area contributed by atoms with Crippen molar-refractivity contribution in [3.05, 3.63) is 21.7 Å². The van der Waals surface area contributed by atoms with Crippen molar-refractivity contribution in [1.29, 1.82) is 0 Å². The van der Waals surface area contributed by atoms with Gasteiger partial charge in [-0.05, 0) is 13.8 Å². The van der Waals surface area contributed by atoms with Crippen molar-refractivity contribution in [3.8, 4) is 0 Å². The van der Waals surface area contributed by atoms with E-state index >= 15 is 0 Å². The number of aryl methyl sites for hydroxylation is 2. The summed E-state index contributed by atoms with van der Waals surface area (Å²) in [7, 11) is 0. The van der Waals surface area contributed by atoms with Crippen LogP contribution in [-0.2, 0) is 0 Å². The number of nitrogen functional groups attached to an aromatic ring is 1. The molecule has 0 atom stereocenters. The molecule has 0 aromatic carbocycles.